The molecule has 1 saturated heterocycles. The first-order chi connectivity index (χ1) is 8.43. The molecule has 8 heteroatoms. The molecule has 19 heavy (non-hydrogen) atoms. The van der Waals surface area contributed by atoms with Crippen LogP contribution in [0.1, 0.15) is 6.42 Å². The van der Waals surface area contributed by atoms with Crippen molar-refractivity contribution in [1.29, 1.82) is 0 Å². The van der Waals surface area contributed by atoms with E-state index in [4.69, 9.17) is 0 Å². The zero-order chi connectivity index (χ0) is 13.3. The third kappa shape index (κ3) is 3.71. The molecule has 1 aromatic carbocycles. The van der Waals surface area contributed by atoms with Crippen molar-refractivity contribution in [2.24, 2.45) is 0 Å². The Kier molecular flexibility index (Phi) is 6.28. The lowest BCUT2D eigenvalue weighted by molar-refractivity contribution is 0.387. The lowest BCUT2D eigenvalue weighted by Gasteiger charge is -2.23. The van der Waals surface area contributed by atoms with E-state index in [1.165, 1.54) is 4.31 Å². The van der Waals surface area contributed by atoms with Crippen LogP contribution in [0.15, 0.2) is 32.0 Å². The number of rotatable bonds is 3. The second-order valence-electron chi connectivity index (χ2n) is 4.24. The first kappa shape index (κ1) is 17.4. The number of hydrogen-bond donors (Lipinski definition) is 1. The standard InChI is InChI=1S/C11H14Br2N2O2S.ClH/c1-15(9-4-5-14-7-9)18(16,17)11-3-2-8(12)6-10(11)13;/h2-3,6,9,14H,4-5,7H2,1H3;1H. The summed E-state index contributed by atoms with van der Waals surface area (Å²) in [6.45, 7) is 1.58. The summed E-state index contributed by atoms with van der Waals surface area (Å²) in [5.74, 6) is 0. The van der Waals surface area contributed by atoms with Gasteiger partial charge in [0.2, 0.25) is 10.0 Å². The summed E-state index contributed by atoms with van der Waals surface area (Å²) in [7, 11) is -1.80. The SMILES string of the molecule is CN(C1CCNC1)S(=O)(=O)c1ccc(Br)cc1Br.Cl. The van der Waals surface area contributed by atoms with Crippen molar-refractivity contribution in [1.82, 2.24) is 9.62 Å². The topological polar surface area (TPSA) is 49.4 Å². The molecule has 2 rings (SSSR count). The molecule has 1 aromatic rings. The summed E-state index contributed by atoms with van der Waals surface area (Å²) in [4.78, 5) is 0.306. The van der Waals surface area contributed by atoms with Crippen LogP contribution in [0.4, 0.5) is 0 Å². The van der Waals surface area contributed by atoms with Gasteiger partial charge in [0.1, 0.15) is 0 Å². The summed E-state index contributed by atoms with van der Waals surface area (Å²) in [5, 5.41) is 3.18. The van der Waals surface area contributed by atoms with Crippen molar-refractivity contribution in [2.45, 2.75) is 17.4 Å². The van der Waals surface area contributed by atoms with Crippen molar-refractivity contribution in [3.8, 4) is 0 Å². The van der Waals surface area contributed by atoms with E-state index in [1.54, 1.807) is 25.2 Å². The van der Waals surface area contributed by atoms with Crippen LogP contribution in [0.2, 0.25) is 0 Å². The van der Waals surface area contributed by atoms with Gasteiger partial charge >= 0.3 is 0 Å². The number of halogens is 3. The number of nitrogens with one attached hydrogen (secondary N) is 1. The molecule has 0 spiro atoms. The van der Waals surface area contributed by atoms with Crippen molar-refractivity contribution < 1.29 is 8.42 Å². The lowest BCUT2D eigenvalue weighted by Crippen LogP contribution is -2.38. The minimum Gasteiger partial charge on any atom is -0.315 e. The first-order valence-corrected chi connectivity index (χ1v) is 8.59. The normalized spacial score (nSPS) is 19.5. The van der Waals surface area contributed by atoms with Crippen LogP contribution in [-0.4, -0.2) is 38.9 Å². The van der Waals surface area contributed by atoms with Crippen molar-refractivity contribution in [3.63, 3.8) is 0 Å². The smallest absolute Gasteiger partial charge is 0.244 e. The van der Waals surface area contributed by atoms with E-state index in [0.717, 1.165) is 17.4 Å². The van der Waals surface area contributed by atoms with Gasteiger partial charge in [0, 0.05) is 28.6 Å². The van der Waals surface area contributed by atoms with Crippen LogP contribution < -0.4 is 5.32 Å². The number of nitrogens with zero attached hydrogens (tertiary/aromatic N) is 1. The monoisotopic (exact) mass is 432 g/mol. The number of likely N-dealkylation sites (N-methyl/N-ethyl adjacent to an activating group) is 1. The number of benzene rings is 1. The van der Waals surface area contributed by atoms with Crippen LogP contribution in [0.3, 0.4) is 0 Å². The molecule has 1 atom stereocenters. The van der Waals surface area contributed by atoms with E-state index in [9.17, 15) is 8.42 Å². The Morgan fingerprint density at radius 2 is 2.05 bits per heavy atom. The summed E-state index contributed by atoms with van der Waals surface area (Å²) in [5.41, 5.74) is 0. The van der Waals surface area contributed by atoms with E-state index in [-0.39, 0.29) is 18.4 Å². The van der Waals surface area contributed by atoms with Crippen LogP contribution >= 0.6 is 44.3 Å². The molecule has 1 heterocycles. The fraction of sp³-hybridized carbons (Fsp3) is 0.455. The average molecular weight is 435 g/mol. The molecular weight excluding hydrogens is 419 g/mol. The van der Waals surface area contributed by atoms with Gasteiger partial charge in [0.15, 0.2) is 0 Å². The Morgan fingerprint density at radius 1 is 1.37 bits per heavy atom. The quantitative estimate of drug-likeness (QED) is 0.796. The van der Waals surface area contributed by atoms with E-state index in [2.05, 4.69) is 37.2 Å². The highest BCUT2D eigenvalue weighted by Crippen LogP contribution is 2.29. The van der Waals surface area contributed by atoms with Gasteiger partial charge in [-0.05, 0) is 47.1 Å². The highest BCUT2D eigenvalue weighted by Gasteiger charge is 2.31. The minimum absolute atomic E-state index is 0. The fourth-order valence-corrected chi connectivity index (χ4v) is 5.07. The predicted molar refractivity (Wildman–Crippen MR) is 85.3 cm³/mol. The Bertz CT molecular complexity index is 548. The minimum atomic E-state index is -3.44. The Balaban J connectivity index is 0.00000180. The second kappa shape index (κ2) is 6.87. The molecule has 1 fully saturated rings. The van der Waals surface area contributed by atoms with Gasteiger partial charge in [-0.25, -0.2) is 8.42 Å². The van der Waals surface area contributed by atoms with Gasteiger partial charge in [0.25, 0.3) is 0 Å². The van der Waals surface area contributed by atoms with Gasteiger partial charge in [-0.3, -0.25) is 0 Å². The zero-order valence-electron chi connectivity index (χ0n) is 10.3. The van der Waals surface area contributed by atoms with Crippen molar-refractivity contribution in [3.05, 3.63) is 27.1 Å². The van der Waals surface area contributed by atoms with Gasteiger partial charge in [-0.15, -0.1) is 12.4 Å². The molecule has 1 aliphatic heterocycles. The predicted octanol–water partition coefficient (Wildman–Crippen LogP) is 2.62. The lowest BCUT2D eigenvalue weighted by atomic mass is 10.3. The maximum Gasteiger partial charge on any atom is 0.244 e. The molecule has 0 amide bonds. The van der Waals surface area contributed by atoms with Crippen LogP contribution in [-0.2, 0) is 10.0 Å². The number of hydrogen-bond acceptors (Lipinski definition) is 3. The highest BCUT2D eigenvalue weighted by molar-refractivity contribution is 9.11. The summed E-state index contributed by atoms with van der Waals surface area (Å²) >= 11 is 6.63. The zero-order valence-corrected chi connectivity index (χ0v) is 15.1. The molecule has 0 aliphatic carbocycles. The Labute approximate surface area is 136 Å². The van der Waals surface area contributed by atoms with E-state index < -0.39 is 10.0 Å². The van der Waals surface area contributed by atoms with Gasteiger partial charge in [-0.1, -0.05) is 15.9 Å². The van der Waals surface area contributed by atoms with Crippen LogP contribution in [0.25, 0.3) is 0 Å². The summed E-state index contributed by atoms with van der Waals surface area (Å²) < 4.78 is 27.9. The molecular formula is C11H15Br2ClN2O2S. The molecule has 0 radical (unpaired) electrons. The first-order valence-electron chi connectivity index (χ1n) is 5.57. The second-order valence-corrected chi connectivity index (χ2v) is 7.98. The van der Waals surface area contributed by atoms with E-state index in [1.807, 2.05) is 0 Å². The van der Waals surface area contributed by atoms with Crippen LogP contribution in [0, 0.1) is 0 Å². The van der Waals surface area contributed by atoms with E-state index in [0.29, 0.717) is 15.9 Å². The maximum atomic E-state index is 12.5. The molecule has 4 nitrogen and oxygen atoms in total. The van der Waals surface area contributed by atoms with Crippen LogP contribution in [0.5, 0.6) is 0 Å². The molecule has 0 aromatic heterocycles. The third-order valence-electron chi connectivity index (χ3n) is 3.10. The molecule has 0 saturated carbocycles. The molecule has 108 valence electrons. The van der Waals surface area contributed by atoms with Crippen molar-refractivity contribution in [2.75, 3.05) is 20.1 Å². The fourth-order valence-electron chi connectivity index (χ4n) is 1.99. The average Bonchev–Trinajstić information content (AvgIpc) is 2.80. The highest BCUT2D eigenvalue weighted by atomic mass is 79.9. The molecule has 0 bridgehead atoms. The summed E-state index contributed by atoms with van der Waals surface area (Å²) in [6, 6.07) is 5.12. The molecule has 1 aliphatic rings. The largest absolute Gasteiger partial charge is 0.315 e. The van der Waals surface area contributed by atoms with E-state index >= 15 is 0 Å². The van der Waals surface area contributed by atoms with Gasteiger partial charge in [0.05, 0.1) is 4.90 Å². The Hall–Kier alpha value is 0.340. The Morgan fingerprint density at radius 3 is 2.58 bits per heavy atom. The van der Waals surface area contributed by atoms with Gasteiger partial charge in [-0.2, -0.15) is 4.31 Å². The van der Waals surface area contributed by atoms with Crippen molar-refractivity contribution >= 4 is 54.3 Å². The third-order valence-corrected chi connectivity index (χ3v) is 6.48. The maximum absolute atomic E-state index is 12.5. The summed E-state index contributed by atoms with van der Waals surface area (Å²) in [6.07, 6.45) is 0.851. The van der Waals surface area contributed by atoms with Gasteiger partial charge < -0.3 is 5.32 Å². The molecule has 1 N–H and O–H groups in total. The molecule has 1 unspecified atom stereocenters. The number of sulfonamides is 1.